The number of aromatic nitrogens is 1. The molecule has 8 heteroatoms. The molecule has 0 saturated carbocycles. The summed E-state index contributed by atoms with van der Waals surface area (Å²) in [6.45, 7) is 10.4. The Morgan fingerprint density at radius 1 is 1.33 bits per heavy atom. The minimum atomic E-state index is 0. The zero-order chi connectivity index (χ0) is 18.6. The van der Waals surface area contributed by atoms with E-state index in [1.165, 1.54) is 42.1 Å². The molecule has 156 valence electrons. The molecule has 1 fully saturated rings. The molecular formula is C19H36IN5S2. The number of hydrogen-bond donors (Lipinski definition) is 2. The summed E-state index contributed by atoms with van der Waals surface area (Å²) in [7, 11) is 0. The lowest BCUT2D eigenvalue weighted by Crippen LogP contribution is -2.39. The Hall–Kier alpha value is -0.0600. The molecular weight excluding hydrogens is 489 g/mol. The molecule has 0 bridgehead atoms. The number of thioether (sulfide) groups is 1. The second kappa shape index (κ2) is 14.9. The minimum absolute atomic E-state index is 0. The van der Waals surface area contributed by atoms with Crippen LogP contribution in [-0.4, -0.2) is 60.6 Å². The maximum atomic E-state index is 4.83. The second-order valence-corrected chi connectivity index (χ2v) is 8.97. The van der Waals surface area contributed by atoms with Crippen molar-refractivity contribution in [2.24, 2.45) is 10.9 Å². The molecule has 0 unspecified atom stereocenters. The van der Waals surface area contributed by atoms with Gasteiger partial charge in [-0.25, -0.2) is 4.98 Å². The van der Waals surface area contributed by atoms with E-state index in [0.29, 0.717) is 5.92 Å². The number of nitrogens with zero attached hydrogens (tertiary/aromatic N) is 3. The fourth-order valence-electron chi connectivity index (χ4n) is 3.18. The largest absolute Gasteiger partial charge is 0.357 e. The van der Waals surface area contributed by atoms with E-state index in [4.69, 9.17) is 4.99 Å². The number of hydrogen-bond acceptors (Lipinski definition) is 5. The summed E-state index contributed by atoms with van der Waals surface area (Å²) in [4.78, 5) is 11.9. The van der Waals surface area contributed by atoms with E-state index in [-0.39, 0.29) is 24.0 Å². The molecule has 5 nitrogen and oxygen atoms in total. The number of thiazole rings is 1. The van der Waals surface area contributed by atoms with Crippen molar-refractivity contribution in [2.75, 3.05) is 44.7 Å². The molecule has 1 aromatic heterocycles. The normalized spacial score (nSPS) is 16.2. The van der Waals surface area contributed by atoms with Gasteiger partial charge >= 0.3 is 0 Å². The number of halogens is 1. The second-order valence-electron chi connectivity index (χ2n) is 6.92. The van der Waals surface area contributed by atoms with Crippen molar-refractivity contribution >= 4 is 53.0 Å². The fraction of sp³-hybridized carbons (Fsp3) is 0.789. The van der Waals surface area contributed by atoms with Gasteiger partial charge in [-0.1, -0.05) is 0 Å². The lowest BCUT2D eigenvalue weighted by molar-refractivity contribution is 0.179. The van der Waals surface area contributed by atoms with E-state index in [1.807, 2.05) is 11.8 Å². The van der Waals surface area contributed by atoms with Crippen LogP contribution >= 0.6 is 47.1 Å². The van der Waals surface area contributed by atoms with Gasteiger partial charge in [0.25, 0.3) is 0 Å². The zero-order valence-electron chi connectivity index (χ0n) is 17.0. The van der Waals surface area contributed by atoms with Crippen molar-refractivity contribution in [3.8, 4) is 0 Å². The molecule has 2 N–H and O–H groups in total. The number of likely N-dealkylation sites (tertiary alicyclic amines) is 1. The van der Waals surface area contributed by atoms with E-state index in [2.05, 4.69) is 46.0 Å². The highest BCUT2D eigenvalue weighted by atomic mass is 127. The lowest BCUT2D eigenvalue weighted by Gasteiger charge is -2.30. The number of guanidine groups is 1. The third kappa shape index (κ3) is 10.3. The topological polar surface area (TPSA) is 52.6 Å². The molecule has 0 aliphatic carbocycles. The maximum Gasteiger partial charge on any atom is 0.191 e. The Morgan fingerprint density at radius 3 is 2.74 bits per heavy atom. The van der Waals surface area contributed by atoms with Crippen LogP contribution in [0.2, 0.25) is 0 Å². The molecule has 1 aromatic rings. The van der Waals surface area contributed by atoms with Crippen molar-refractivity contribution in [2.45, 2.75) is 46.1 Å². The quantitative estimate of drug-likeness (QED) is 0.210. The van der Waals surface area contributed by atoms with Crippen molar-refractivity contribution in [3.63, 3.8) is 0 Å². The highest BCUT2D eigenvalue weighted by molar-refractivity contribution is 14.0. The van der Waals surface area contributed by atoms with Crippen LogP contribution in [0.5, 0.6) is 0 Å². The van der Waals surface area contributed by atoms with Gasteiger partial charge < -0.3 is 10.6 Å². The van der Waals surface area contributed by atoms with Gasteiger partial charge in [-0.3, -0.25) is 9.89 Å². The molecule has 2 rings (SSSR count). The van der Waals surface area contributed by atoms with Gasteiger partial charge in [0.2, 0.25) is 0 Å². The van der Waals surface area contributed by atoms with Crippen LogP contribution in [0.3, 0.4) is 0 Å². The monoisotopic (exact) mass is 525 g/mol. The average Bonchev–Trinajstić information content (AvgIpc) is 3.05. The molecule has 2 heterocycles. The van der Waals surface area contributed by atoms with Gasteiger partial charge in [0, 0.05) is 31.6 Å². The summed E-state index contributed by atoms with van der Waals surface area (Å²) in [6, 6.07) is 0. The number of aryl methyl sites for hydroxylation is 1. The fourth-order valence-corrected chi connectivity index (χ4v) is 4.27. The van der Waals surface area contributed by atoms with Crippen molar-refractivity contribution < 1.29 is 0 Å². The minimum Gasteiger partial charge on any atom is -0.357 e. The summed E-state index contributed by atoms with van der Waals surface area (Å²) in [6.07, 6.45) is 7.12. The average molecular weight is 526 g/mol. The third-order valence-electron chi connectivity index (χ3n) is 4.68. The number of unbranched alkanes of at least 4 members (excludes halogenated alkanes) is 1. The molecule has 1 saturated heterocycles. The highest BCUT2D eigenvalue weighted by Gasteiger charge is 2.19. The first-order valence-electron chi connectivity index (χ1n) is 9.85. The summed E-state index contributed by atoms with van der Waals surface area (Å²) < 4.78 is 0. The first kappa shape index (κ1) is 25.0. The summed E-state index contributed by atoms with van der Waals surface area (Å²) in [5.74, 6) is 2.93. The molecule has 0 radical (unpaired) electrons. The summed E-state index contributed by atoms with van der Waals surface area (Å²) in [5, 5.41) is 10.2. The van der Waals surface area contributed by atoms with E-state index >= 15 is 0 Å². The van der Waals surface area contributed by atoms with E-state index in [0.717, 1.165) is 45.2 Å². The van der Waals surface area contributed by atoms with Crippen LogP contribution in [0.15, 0.2) is 10.4 Å². The molecule has 0 spiro atoms. The van der Waals surface area contributed by atoms with Gasteiger partial charge in [-0.05, 0) is 70.5 Å². The molecule has 1 aliphatic heterocycles. The van der Waals surface area contributed by atoms with Crippen LogP contribution in [0.25, 0.3) is 0 Å². The van der Waals surface area contributed by atoms with Gasteiger partial charge in [0.1, 0.15) is 0 Å². The number of piperidine rings is 1. The Balaban J connectivity index is 0.00000364. The molecule has 0 atom stereocenters. The Labute approximate surface area is 190 Å². The maximum absolute atomic E-state index is 4.83. The zero-order valence-corrected chi connectivity index (χ0v) is 21.0. The molecule has 1 aliphatic rings. The highest BCUT2D eigenvalue weighted by Crippen LogP contribution is 2.20. The van der Waals surface area contributed by atoms with Crippen LogP contribution in [-0.2, 0) is 6.54 Å². The van der Waals surface area contributed by atoms with Crippen molar-refractivity contribution in [1.29, 1.82) is 0 Å². The lowest BCUT2D eigenvalue weighted by atomic mass is 9.97. The van der Waals surface area contributed by atoms with Crippen LogP contribution in [0, 0.1) is 12.8 Å². The molecule has 0 aromatic carbocycles. The summed E-state index contributed by atoms with van der Waals surface area (Å²) >= 11 is 3.67. The van der Waals surface area contributed by atoms with E-state index in [1.54, 1.807) is 11.3 Å². The standard InChI is InChI=1S/C19H35N5S2.HI/c1-4-20-19(21-9-5-6-12-25-3)22-13-17-7-10-24(11-8-17)14-18-15-26-16(2)23-18;/h15,17H,4-14H2,1-3H3,(H2,20,21,22);1H. The van der Waals surface area contributed by atoms with Gasteiger partial charge in [-0.15, -0.1) is 35.3 Å². The SMILES string of the molecule is CCNC(=NCC1CCN(Cc2csc(C)n2)CC1)NCCCCSC.I. The molecule has 0 amide bonds. The first-order valence-corrected chi connectivity index (χ1v) is 12.1. The first-order chi connectivity index (χ1) is 12.7. The number of aliphatic imine (C=N–C) groups is 1. The summed E-state index contributed by atoms with van der Waals surface area (Å²) in [5.41, 5.74) is 1.23. The predicted octanol–water partition coefficient (Wildman–Crippen LogP) is 3.98. The van der Waals surface area contributed by atoms with Crippen LogP contribution in [0.4, 0.5) is 0 Å². The van der Waals surface area contributed by atoms with E-state index in [9.17, 15) is 0 Å². The van der Waals surface area contributed by atoms with Crippen LogP contribution in [0.1, 0.15) is 43.3 Å². The van der Waals surface area contributed by atoms with Crippen LogP contribution < -0.4 is 10.6 Å². The van der Waals surface area contributed by atoms with Gasteiger partial charge in [0.05, 0.1) is 10.7 Å². The smallest absolute Gasteiger partial charge is 0.191 e. The van der Waals surface area contributed by atoms with Gasteiger partial charge in [-0.2, -0.15) is 11.8 Å². The third-order valence-corrected chi connectivity index (χ3v) is 6.20. The predicted molar refractivity (Wildman–Crippen MR) is 132 cm³/mol. The van der Waals surface area contributed by atoms with Gasteiger partial charge in [0.15, 0.2) is 5.96 Å². The Bertz CT molecular complexity index is 530. The Kier molecular flexibility index (Phi) is 13.8. The number of rotatable bonds is 10. The Morgan fingerprint density at radius 2 is 2.11 bits per heavy atom. The van der Waals surface area contributed by atoms with Crippen molar-refractivity contribution in [3.05, 3.63) is 16.1 Å². The number of nitrogens with one attached hydrogen (secondary N) is 2. The molecule has 27 heavy (non-hydrogen) atoms. The van der Waals surface area contributed by atoms with Crippen molar-refractivity contribution in [1.82, 2.24) is 20.5 Å². The van der Waals surface area contributed by atoms with E-state index < -0.39 is 0 Å².